The molecule has 0 bridgehead atoms. The normalized spacial score (nSPS) is 16.8. The number of allylic oxidation sites excluding steroid dienone is 1. The lowest BCUT2D eigenvalue weighted by atomic mass is 10.0. The first-order valence-corrected chi connectivity index (χ1v) is 8.20. The number of hydrogen-bond donors (Lipinski definition) is 0. The number of benzene rings is 1. The molecule has 1 aliphatic heterocycles. The number of ketones is 1. The average Bonchev–Trinajstić information content (AvgIpc) is 3.08. The van der Waals surface area contributed by atoms with Gasteiger partial charge in [0.25, 0.3) is 5.69 Å². The number of ether oxygens (including phenoxy) is 2. The van der Waals surface area contributed by atoms with Gasteiger partial charge in [0.1, 0.15) is 23.5 Å². The van der Waals surface area contributed by atoms with Crippen LogP contribution in [0.3, 0.4) is 0 Å². The van der Waals surface area contributed by atoms with Crippen molar-refractivity contribution in [3.63, 3.8) is 0 Å². The van der Waals surface area contributed by atoms with E-state index < -0.39 is 4.92 Å². The fourth-order valence-corrected chi connectivity index (χ4v) is 2.53. The first-order valence-electron chi connectivity index (χ1n) is 8.20. The van der Waals surface area contributed by atoms with Crippen molar-refractivity contribution >= 4 is 11.5 Å². The molecule has 2 rings (SSSR count). The van der Waals surface area contributed by atoms with Crippen molar-refractivity contribution in [1.29, 1.82) is 5.26 Å². The van der Waals surface area contributed by atoms with Gasteiger partial charge in [-0.25, -0.2) is 0 Å². The number of carbonyl (C=O) groups is 1. The maximum Gasteiger partial charge on any atom is 0.290 e. The Balaban J connectivity index is 2.28. The molecule has 0 radical (unpaired) electrons. The van der Waals surface area contributed by atoms with Gasteiger partial charge < -0.3 is 14.4 Å². The largest absolute Gasteiger partial charge is 0.487 e. The highest BCUT2D eigenvalue weighted by Crippen LogP contribution is 2.31. The molecular formula is C18H21N3O5. The fourth-order valence-electron chi connectivity index (χ4n) is 2.53. The van der Waals surface area contributed by atoms with Crippen molar-refractivity contribution in [2.24, 2.45) is 0 Å². The molecule has 0 spiro atoms. The van der Waals surface area contributed by atoms with Crippen molar-refractivity contribution < 1.29 is 19.2 Å². The summed E-state index contributed by atoms with van der Waals surface area (Å²) in [6.07, 6.45) is 3.66. The first kappa shape index (κ1) is 19.6. The van der Waals surface area contributed by atoms with Gasteiger partial charge in [-0.05, 0) is 26.2 Å². The molecule has 0 aliphatic carbocycles. The summed E-state index contributed by atoms with van der Waals surface area (Å²) in [7, 11) is 3.78. The summed E-state index contributed by atoms with van der Waals surface area (Å²) in [6, 6.07) is 4.40. The highest BCUT2D eigenvalue weighted by molar-refractivity contribution is 5.92. The van der Waals surface area contributed by atoms with Crippen molar-refractivity contribution in [3.05, 3.63) is 45.5 Å². The van der Waals surface area contributed by atoms with Crippen molar-refractivity contribution in [2.75, 3.05) is 33.9 Å². The monoisotopic (exact) mass is 359 g/mol. The summed E-state index contributed by atoms with van der Waals surface area (Å²) < 4.78 is 11.1. The predicted molar refractivity (Wildman–Crippen MR) is 94.1 cm³/mol. The first-order chi connectivity index (χ1) is 12.4. The van der Waals surface area contributed by atoms with E-state index in [1.54, 1.807) is 6.08 Å². The van der Waals surface area contributed by atoms with Crippen LogP contribution in [-0.2, 0) is 16.0 Å². The smallest absolute Gasteiger partial charge is 0.290 e. The van der Waals surface area contributed by atoms with E-state index in [2.05, 4.69) is 0 Å². The van der Waals surface area contributed by atoms with Crippen LogP contribution in [0.15, 0.2) is 24.3 Å². The molecular weight excluding hydrogens is 338 g/mol. The Hall–Kier alpha value is -2.76. The van der Waals surface area contributed by atoms with Crippen molar-refractivity contribution in [2.45, 2.75) is 18.9 Å². The molecule has 1 aromatic rings. The van der Waals surface area contributed by atoms with Gasteiger partial charge in [-0.3, -0.25) is 14.9 Å². The highest BCUT2D eigenvalue weighted by atomic mass is 16.6. The maximum atomic E-state index is 12.2. The van der Waals surface area contributed by atoms with Crippen LogP contribution in [-0.4, -0.2) is 55.6 Å². The number of carbonyl (C=O) groups excluding carboxylic acids is 1. The molecule has 1 aliphatic rings. The van der Waals surface area contributed by atoms with Crippen LogP contribution in [0, 0.1) is 21.4 Å². The quantitative estimate of drug-likeness (QED) is 0.396. The molecule has 1 atom stereocenters. The molecule has 1 fully saturated rings. The number of nitrogens with zero attached hydrogens (tertiary/aromatic N) is 3. The summed E-state index contributed by atoms with van der Waals surface area (Å²) in [4.78, 5) is 24.7. The molecule has 1 saturated heterocycles. The number of hydrogen-bond acceptors (Lipinski definition) is 7. The van der Waals surface area contributed by atoms with Gasteiger partial charge >= 0.3 is 0 Å². The third kappa shape index (κ3) is 5.37. The van der Waals surface area contributed by atoms with Crippen molar-refractivity contribution in [1.82, 2.24) is 4.90 Å². The lowest BCUT2D eigenvalue weighted by Gasteiger charge is -2.15. The molecule has 1 unspecified atom stereocenters. The number of nitro benzene ring substituents is 1. The third-order valence-corrected chi connectivity index (χ3v) is 3.82. The minimum atomic E-state index is -0.626. The van der Waals surface area contributed by atoms with Crippen molar-refractivity contribution in [3.8, 4) is 11.8 Å². The standard InChI is InChI=1S/C18H21N3O5/c1-20(2)6-3-4-15(22)9-13-8-14(11-19)17(21(23)24)10-18(13)26-16-5-7-25-12-16/h3-4,8,10,16H,5-7,9,12H2,1-2H3/b4-3+. The van der Waals surface area contributed by atoms with Gasteiger partial charge in [-0.2, -0.15) is 5.26 Å². The zero-order chi connectivity index (χ0) is 19.1. The van der Waals surface area contributed by atoms with Crippen LogP contribution in [0.4, 0.5) is 5.69 Å². The minimum Gasteiger partial charge on any atom is -0.487 e. The lowest BCUT2D eigenvalue weighted by molar-refractivity contribution is -0.385. The van der Waals surface area contributed by atoms with E-state index in [0.717, 1.165) is 0 Å². The molecule has 8 nitrogen and oxygen atoms in total. The van der Waals surface area contributed by atoms with Gasteiger partial charge in [-0.15, -0.1) is 0 Å². The summed E-state index contributed by atoms with van der Waals surface area (Å²) in [5.41, 5.74) is 0.0319. The molecule has 8 heteroatoms. The zero-order valence-corrected chi connectivity index (χ0v) is 14.8. The van der Waals surface area contributed by atoms with Gasteiger partial charge in [0.15, 0.2) is 5.78 Å². The van der Waals surface area contributed by atoms with Gasteiger partial charge in [0.05, 0.1) is 24.2 Å². The number of nitriles is 1. The van der Waals surface area contributed by atoms with E-state index in [1.807, 2.05) is 25.1 Å². The van der Waals surface area contributed by atoms with Crippen LogP contribution in [0.5, 0.6) is 5.75 Å². The van der Waals surface area contributed by atoms with E-state index in [1.165, 1.54) is 18.2 Å². The zero-order valence-electron chi connectivity index (χ0n) is 14.8. The molecule has 1 heterocycles. The Labute approximate surface area is 151 Å². The number of nitro groups is 1. The summed E-state index contributed by atoms with van der Waals surface area (Å²) in [5.74, 6) is 0.0812. The molecule has 0 N–H and O–H groups in total. The van der Waals surface area contributed by atoms with Crippen LogP contribution >= 0.6 is 0 Å². The molecule has 0 aromatic heterocycles. The third-order valence-electron chi connectivity index (χ3n) is 3.82. The second-order valence-electron chi connectivity index (χ2n) is 6.26. The second kappa shape index (κ2) is 9.08. The van der Waals surface area contributed by atoms with E-state index >= 15 is 0 Å². The highest BCUT2D eigenvalue weighted by Gasteiger charge is 2.24. The fraction of sp³-hybridized carbons (Fsp3) is 0.444. The summed E-state index contributed by atoms with van der Waals surface area (Å²) >= 11 is 0. The van der Waals surface area contributed by atoms with E-state index in [0.29, 0.717) is 31.7 Å². The molecule has 26 heavy (non-hydrogen) atoms. The SMILES string of the molecule is CN(C)C/C=C/C(=O)Cc1cc(C#N)c([N+](=O)[O-])cc1OC1CCOC1. The Morgan fingerprint density at radius 2 is 2.31 bits per heavy atom. The Morgan fingerprint density at radius 3 is 2.88 bits per heavy atom. The lowest BCUT2D eigenvalue weighted by Crippen LogP contribution is -2.17. The van der Waals surface area contributed by atoms with E-state index in [4.69, 9.17) is 9.47 Å². The second-order valence-corrected chi connectivity index (χ2v) is 6.26. The molecule has 1 aromatic carbocycles. The Morgan fingerprint density at radius 1 is 1.54 bits per heavy atom. The summed E-state index contributed by atoms with van der Waals surface area (Å²) in [6.45, 7) is 1.58. The van der Waals surface area contributed by atoms with Crippen LogP contribution in [0.25, 0.3) is 0 Å². The molecule has 138 valence electrons. The summed E-state index contributed by atoms with van der Waals surface area (Å²) in [5, 5.41) is 20.4. The minimum absolute atomic E-state index is 0.000483. The van der Waals surface area contributed by atoms with E-state index in [-0.39, 0.29) is 35.3 Å². The Bertz CT molecular complexity index is 746. The van der Waals surface area contributed by atoms with Crippen LogP contribution < -0.4 is 4.74 Å². The maximum absolute atomic E-state index is 12.2. The van der Waals surface area contributed by atoms with Gasteiger partial charge in [0.2, 0.25) is 0 Å². The van der Waals surface area contributed by atoms with Gasteiger partial charge in [-0.1, -0.05) is 6.08 Å². The van der Waals surface area contributed by atoms with Crippen LogP contribution in [0.1, 0.15) is 17.5 Å². The number of rotatable bonds is 8. The van der Waals surface area contributed by atoms with Crippen LogP contribution in [0.2, 0.25) is 0 Å². The molecule has 0 saturated carbocycles. The predicted octanol–water partition coefficient (Wildman–Crippen LogP) is 1.86. The van der Waals surface area contributed by atoms with Gasteiger partial charge in [0, 0.05) is 24.9 Å². The topological polar surface area (TPSA) is 106 Å². The van der Waals surface area contributed by atoms with E-state index in [9.17, 15) is 20.2 Å². The molecule has 0 amide bonds. The number of likely N-dealkylation sites (N-methyl/N-ethyl adjacent to an activating group) is 1. The Kier molecular flexibility index (Phi) is 6.83. The average molecular weight is 359 g/mol.